The highest BCUT2D eigenvalue weighted by Crippen LogP contribution is 2.16. The van der Waals surface area contributed by atoms with E-state index in [4.69, 9.17) is 9.15 Å². The van der Waals surface area contributed by atoms with Crippen molar-refractivity contribution in [1.82, 2.24) is 10.9 Å². The topological polar surface area (TPSA) is 107 Å². The van der Waals surface area contributed by atoms with E-state index in [2.05, 4.69) is 15.6 Å². The molecule has 2 rings (SSSR count). The minimum atomic E-state index is -0.626. The third-order valence-electron chi connectivity index (χ3n) is 3.25. The molecule has 0 aliphatic heterocycles. The number of esters is 1. The molecule has 0 aliphatic carbocycles. The molecule has 0 bridgehead atoms. The number of furan rings is 1. The fourth-order valence-electron chi connectivity index (χ4n) is 1.95. The number of amides is 2. The molecule has 0 aliphatic rings. The van der Waals surface area contributed by atoms with Crippen LogP contribution in [-0.4, -0.2) is 31.5 Å². The number of methoxy groups -OCH3 is 1. The summed E-state index contributed by atoms with van der Waals surface area (Å²) in [5.74, 6) is -1.26. The Labute approximate surface area is 153 Å². The summed E-state index contributed by atoms with van der Waals surface area (Å²) in [7, 11) is 1.25. The summed E-state index contributed by atoms with van der Waals surface area (Å²) in [5, 5.41) is 0. The number of carbonyl (C=O) groups excluding carboxylic acids is 3. The van der Waals surface area contributed by atoms with Crippen LogP contribution in [0.1, 0.15) is 21.9 Å². The van der Waals surface area contributed by atoms with Gasteiger partial charge in [0, 0.05) is 6.08 Å². The first-order valence-corrected chi connectivity index (χ1v) is 7.73. The molecule has 2 N–H and O–H groups in total. The molecule has 8 nitrogen and oxygen atoms in total. The van der Waals surface area contributed by atoms with Crippen LogP contribution >= 0.6 is 0 Å². The summed E-state index contributed by atoms with van der Waals surface area (Å²) in [5.41, 5.74) is 4.56. The Morgan fingerprint density at radius 2 is 1.89 bits per heavy atom. The minimum Gasteiger partial charge on any atom is -0.484 e. The van der Waals surface area contributed by atoms with Crippen LogP contribution in [0.5, 0.6) is 5.75 Å². The van der Waals surface area contributed by atoms with Gasteiger partial charge in [0.25, 0.3) is 11.8 Å². The lowest BCUT2D eigenvalue weighted by molar-refractivity contribution is -0.128. The van der Waals surface area contributed by atoms with Crippen molar-refractivity contribution in [3.8, 4) is 5.75 Å². The molecule has 2 aromatic rings. The van der Waals surface area contributed by atoms with Crippen LogP contribution < -0.4 is 15.6 Å². The van der Waals surface area contributed by atoms with Crippen LogP contribution in [0.2, 0.25) is 0 Å². The summed E-state index contributed by atoms with van der Waals surface area (Å²) in [6.45, 7) is 1.22. The van der Waals surface area contributed by atoms with Gasteiger partial charge in [-0.2, -0.15) is 0 Å². The highest BCUT2D eigenvalue weighted by molar-refractivity contribution is 5.94. The molecule has 0 radical (unpaired) electrons. The normalized spacial score (nSPS) is 10.5. The maximum atomic E-state index is 12.8. The Hall–Kier alpha value is -3.62. The van der Waals surface area contributed by atoms with E-state index in [-0.39, 0.29) is 17.9 Å². The van der Waals surface area contributed by atoms with Crippen LogP contribution in [0, 0.1) is 12.7 Å². The quantitative estimate of drug-likeness (QED) is 0.452. The number of hydrogen-bond donors (Lipinski definition) is 2. The van der Waals surface area contributed by atoms with Crippen molar-refractivity contribution >= 4 is 23.9 Å². The Morgan fingerprint density at radius 3 is 2.56 bits per heavy atom. The Morgan fingerprint density at radius 1 is 1.19 bits per heavy atom. The minimum absolute atomic E-state index is 0.254. The smallest absolute Gasteiger partial charge is 0.341 e. The van der Waals surface area contributed by atoms with Gasteiger partial charge in [-0.15, -0.1) is 0 Å². The summed E-state index contributed by atoms with van der Waals surface area (Å²) < 4.78 is 27.8. The average Bonchev–Trinajstić information content (AvgIpc) is 3.04. The molecule has 27 heavy (non-hydrogen) atoms. The summed E-state index contributed by atoms with van der Waals surface area (Å²) in [4.78, 5) is 34.8. The molecule has 1 aromatic heterocycles. The van der Waals surface area contributed by atoms with Crippen LogP contribution in [0.25, 0.3) is 6.08 Å². The standard InChI is InChI=1S/C18H17FN2O6/c1-11-15(18(24)25-2)9-14(27-11)7-8-16(22)20-21-17(23)10-26-13-5-3-12(19)4-6-13/h3-9H,10H2,1-2H3,(H,20,22)(H,21,23)/b8-7+. The van der Waals surface area contributed by atoms with E-state index in [0.29, 0.717) is 11.5 Å². The van der Waals surface area contributed by atoms with E-state index in [1.807, 2.05) is 0 Å². The van der Waals surface area contributed by atoms with Crippen LogP contribution in [0.3, 0.4) is 0 Å². The van der Waals surface area contributed by atoms with E-state index >= 15 is 0 Å². The Kier molecular flexibility index (Phi) is 6.70. The lowest BCUT2D eigenvalue weighted by Crippen LogP contribution is -2.43. The van der Waals surface area contributed by atoms with Crippen molar-refractivity contribution in [2.75, 3.05) is 13.7 Å². The van der Waals surface area contributed by atoms with E-state index in [1.165, 1.54) is 43.5 Å². The Balaban J connectivity index is 1.78. The second kappa shape index (κ2) is 9.18. The summed E-state index contributed by atoms with van der Waals surface area (Å²) in [6, 6.07) is 6.57. The molecule has 2 amide bonds. The van der Waals surface area contributed by atoms with E-state index in [1.54, 1.807) is 6.92 Å². The third kappa shape index (κ3) is 5.99. The Bertz CT molecular complexity index is 857. The number of ether oxygens (including phenoxy) is 2. The van der Waals surface area contributed by atoms with Crippen molar-refractivity contribution in [3.63, 3.8) is 0 Å². The third-order valence-corrected chi connectivity index (χ3v) is 3.25. The summed E-state index contributed by atoms with van der Waals surface area (Å²) in [6.07, 6.45) is 2.44. The predicted octanol–water partition coefficient (Wildman–Crippen LogP) is 1.75. The number of hydrogen-bond acceptors (Lipinski definition) is 6. The molecule has 1 heterocycles. The number of rotatable bonds is 6. The van der Waals surface area contributed by atoms with Crippen LogP contribution in [0.15, 0.2) is 40.8 Å². The van der Waals surface area contributed by atoms with Gasteiger partial charge in [0.1, 0.15) is 28.7 Å². The van der Waals surface area contributed by atoms with Crippen molar-refractivity contribution in [1.29, 1.82) is 0 Å². The largest absolute Gasteiger partial charge is 0.484 e. The molecular formula is C18H17FN2O6. The van der Waals surface area contributed by atoms with Crippen molar-refractivity contribution in [3.05, 3.63) is 59.3 Å². The second-order valence-electron chi connectivity index (χ2n) is 5.22. The molecule has 9 heteroatoms. The summed E-state index contributed by atoms with van der Waals surface area (Å²) >= 11 is 0. The number of carbonyl (C=O) groups is 3. The van der Waals surface area contributed by atoms with Crippen molar-refractivity contribution in [2.45, 2.75) is 6.92 Å². The first-order chi connectivity index (χ1) is 12.9. The lowest BCUT2D eigenvalue weighted by Gasteiger charge is -2.07. The first kappa shape index (κ1) is 19.7. The molecule has 0 spiro atoms. The molecule has 0 fully saturated rings. The van der Waals surface area contributed by atoms with Gasteiger partial charge < -0.3 is 13.9 Å². The van der Waals surface area contributed by atoms with E-state index in [0.717, 1.165) is 6.08 Å². The van der Waals surface area contributed by atoms with Gasteiger partial charge in [-0.25, -0.2) is 9.18 Å². The van der Waals surface area contributed by atoms with Crippen LogP contribution in [-0.2, 0) is 14.3 Å². The van der Waals surface area contributed by atoms with Gasteiger partial charge in [0.2, 0.25) is 0 Å². The molecule has 0 atom stereocenters. The van der Waals surface area contributed by atoms with Gasteiger partial charge in [-0.05, 0) is 43.3 Å². The van der Waals surface area contributed by atoms with Gasteiger partial charge >= 0.3 is 5.97 Å². The number of benzene rings is 1. The van der Waals surface area contributed by atoms with Gasteiger partial charge in [0.15, 0.2) is 6.61 Å². The monoisotopic (exact) mass is 376 g/mol. The lowest BCUT2D eigenvalue weighted by atomic mass is 10.2. The number of aryl methyl sites for hydroxylation is 1. The first-order valence-electron chi connectivity index (χ1n) is 7.73. The molecule has 0 saturated heterocycles. The molecule has 0 unspecified atom stereocenters. The maximum Gasteiger partial charge on any atom is 0.341 e. The molecule has 0 saturated carbocycles. The van der Waals surface area contributed by atoms with Gasteiger partial charge in [-0.3, -0.25) is 20.4 Å². The number of nitrogens with one attached hydrogen (secondary N) is 2. The van der Waals surface area contributed by atoms with Crippen molar-refractivity contribution in [2.24, 2.45) is 0 Å². The predicted molar refractivity (Wildman–Crippen MR) is 92.0 cm³/mol. The highest BCUT2D eigenvalue weighted by Gasteiger charge is 2.14. The van der Waals surface area contributed by atoms with Gasteiger partial charge in [0.05, 0.1) is 7.11 Å². The van der Waals surface area contributed by atoms with Crippen LogP contribution in [0.4, 0.5) is 4.39 Å². The average molecular weight is 376 g/mol. The SMILES string of the molecule is COC(=O)c1cc(/C=C/C(=O)NNC(=O)COc2ccc(F)cc2)oc1C. The van der Waals surface area contributed by atoms with Crippen molar-refractivity contribution < 1.29 is 32.7 Å². The zero-order chi connectivity index (χ0) is 19.8. The number of halogens is 1. The fourth-order valence-corrected chi connectivity index (χ4v) is 1.95. The van der Waals surface area contributed by atoms with Gasteiger partial charge in [-0.1, -0.05) is 0 Å². The van der Waals surface area contributed by atoms with E-state index < -0.39 is 23.6 Å². The highest BCUT2D eigenvalue weighted by atomic mass is 19.1. The molecule has 142 valence electrons. The maximum absolute atomic E-state index is 12.8. The second-order valence-corrected chi connectivity index (χ2v) is 5.22. The number of hydrazine groups is 1. The zero-order valence-electron chi connectivity index (χ0n) is 14.6. The molecular weight excluding hydrogens is 359 g/mol. The molecule has 1 aromatic carbocycles. The van der Waals surface area contributed by atoms with E-state index in [9.17, 15) is 18.8 Å². The fraction of sp³-hybridized carbons (Fsp3) is 0.167. The zero-order valence-corrected chi connectivity index (χ0v) is 14.6.